The zero-order chi connectivity index (χ0) is 10.6. The molecule has 0 aliphatic carbocycles. The SMILES string of the molecule is CC(NCC#N)c1ccc(F)c(Cl)c1. The van der Waals surface area contributed by atoms with Crippen molar-refractivity contribution in [2.45, 2.75) is 13.0 Å². The highest BCUT2D eigenvalue weighted by molar-refractivity contribution is 6.30. The topological polar surface area (TPSA) is 35.8 Å². The van der Waals surface area contributed by atoms with Crippen molar-refractivity contribution in [2.75, 3.05) is 6.54 Å². The molecule has 0 heterocycles. The summed E-state index contributed by atoms with van der Waals surface area (Å²) in [4.78, 5) is 0. The molecular weight excluding hydrogens is 203 g/mol. The molecule has 0 radical (unpaired) electrons. The van der Waals surface area contributed by atoms with E-state index in [2.05, 4.69) is 5.32 Å². The van der Waals surface area contributed by atoms with E-state index in [4.69, 9.17) is 16.9 Å². The van der Waals surface area contributed by atoms with Crippen LogP contribution in [0.15, 0.2) is 18.2 Å². The lowest BCUT2D eigenvalue weighted by atomic mass is 10.1. The monoisotopic (exact) mass is 212 g/mol. The Balaban J connectivity index is 2.76. The third-order valence-electron chi connectivity index (χ3n) is 1.93. The van der Waals surface area contributed by atoms with Crippen LogP contribution in [-0.4, -0.2) is 6.54 Å². The smallest absolute Gasteiger partial charge is 0.141 e. The van der Waals surface area contributed by atoms with E-state index in [0.29, 0.717) is 0 Å². The summed E-state index contributed by atoms with van der Waals surface area (Å²) >= 11 is 5.62. The van der Waals surface area contributed by atoms with Crippen molar-refractivity contribution in [1.82, 2.24) is 5.32 Å². The van der Waals surface area contributed by atoms with Crippen LogP contribution in [0.2, 0.25) is 5.02 Å². The fourth-order valence-electron chi connectivity index (χ4n) is 1.10. The van der Waals surface area contributed by atoms with Crippen molar-refractivity contribution in [3.8, 4) is 6.07 Å². The Labute approximate surface area is 87.3 Å². The average molecular weight is 213 g/mol. The summed E-state index contributed by atoms with van der Waals surface area (Å²) in [5, 5.41) is 11.4. The first-order valence-corrected chi connectivity index (χ1v) is 4.58. The fraction of sp³-hybridized carbons (Fsp3) is 0.300. The second kappa shape index (κ2) is 4.94. The van der Waals surface area contributed by atoms with Crippen LogP contribution < -0.4 is 5.32 Å². The van der Waals surface area contributed by atoms with Crippen LogP contribution in [0.5, 0.6) is 0 Å². The largest absolute Gasteiger partial charge is 0.298 e. The van der Waals surface area contributed by atoms with Gasteiger partial charge in [-0.25, -0.2) is 4.39 Å². The summed E-state index contributed by atoms with van der Waals surface area (Å²) in [5.74, 6) is -0.428. The molecule has 74 valence electrons. The van der Waals surface area contributed by atoms with Crippen LogP contribution in [0.25, 0.3) is 0 Å². The van der Waals surface area contributed by atoms with Crippen LogP contribution in [0, 0.1) is 17.1 Å². The first-order chi connectivity index (χ1) is 6.65. The molecule has 1 aromatic carbocycles. The van der Waals surface area contributed by atoms with Crippen molar-refractivity contribution in [1.29, 1.82) is 5.26 Å². The Morgan fingerprint density at radius 2 is 2.36 bits per heavy atom. The van der Waals surface area contributed by atoms with Crippen LogP contribution >= 0.6 is 11.6 Å². The van der Waals surface area contributed by atoms with Crippen LogP contribution in [-0.2, 0) is 0 Å². The van der Waals surface area contributed by atoms with Gasteiger partial charge >= 0.3 is 0 Å². The molecule has 1 N–H and O–H groups in total. The third kappa shape index (κ3) is 2.69. The lowest BCUT2D eigenvalue weighted by Gasteiger charge is -2.11. The number of halogens is 2. The van der Waals surface area contributed by atoms with E-state index in [9.17, 15) is 4.39 Å². The molecule has 0 aliphatic rings. The number of benzene rings is 1. The Kier molecular flexibility index (Phi) is 3.87. The van der Waals surface area contributed by atoms with E-state index < -0.39 is 5.82 Å². The van der Waals surface area contributed by atoms with Gasteiger partial charge in [-0.05, 0) is 24.6 Å². The minimum absolute atomic E-state index is 0.00671. The van der Waals surface area contributed by atoms with Gasteiger partial charge in [-0.1, -0.05) is 17.7 Å². The lowest BCUT2D eigenvalue weighted by Crippen LogP contribution is -2.18. The van der Waals surface area contributed by atoms with Crippen molar-refractivity contribution in [3.05, 3.63) is 34.6 Å². The van der Waals surface area contributed by atoms with Crippen molar-refractivity contribution >= 4 is 11.6 Å². The first-order valence-electron chi connectivity index (χ1n) is 4.20. The summed E-state index contributed by atoms with van der Waals surface area (Å²) in [6.07, 6.45) is 0. The Bertz CT molecular complexity index is 360. The summed E-state index contributed by atoms with van der Waals surface area (Å²) in [7, 11) is 0. The standard InChI is InChI=1S/C10H10ClFN2/c1-7(14-5-4-13)8-2-3-10(12)9(11)6-8/h2-3,6-7,14H,5H2,1H3. The van der Waals surface area contributed by atoms with Crippen molar-refractivity contribution in [3.63, 3.8) is 0 Å². The molecule has 2 nitrogen and oxygen atoms in total. The maximum absolute atomic E-state index is 12.8. The van der Waals surface area contributed by atoms with Gasteiger partial charge < -0.3 is 0 Å². The molecular formula is C10H10ClFN2. The zero-order valence-electron chi connectivity index (χ0n) is 7.72. The number of hydrogen-bond donors (Lipinski definition) is 1. The number of rotatable bonds is 3. The van der Waals surface area contributed by atoms with E-state index in [1.165, 1.54) is 6.07 Å². The fourth-order valence-corrected chi connectivity index (χ4v) is 1.29. The second-order valence-electron chi connectivity index (χ2n) is 2.93. The van der Waals surface area contributed by atoms with E-state index >= 15 is 0 Å². The van der Waals surface area contributed by atoms with Gasteiger partial charge in [0.1, 0.15) is 5.82 Å². The van der Waals surface area contributed by atoms with Gasteiger partial charge in [-0.2, -0.15) is 5.26 Å². The highest BCUT2D eigenvalue weighted by atomic mass is 35.5. The number of hydrogen-bond acceptors (Lipinski definition) is 2. The van der Waals surface area contributed by atoms with Crippen LogP contribution in [0.4, 0.5) is 4.39 Å². The average Bonchev–Trinajstić information content (AvgIpc) is 2.18. The maximum atomic E-state index is 12.8. The third-order valence-corrected chi connectivity index (χ3v) is 2.22. The van der Waals surface area contributed by atoms with Gasteiger partial charge in [0, 0.05) is 6.04 Å². The maximum Gasteiger partial charge on any atom is 0.141 e. The molecule has 0 amide bonds. The molecule has 0 saturated heterocycles. The number of nitrogens with one attached hydrogen (secondary N) is 1. The van der Waals surface area contributed by atoms with E-state index in [1.54, 1.807) is 12.1 Å². The van der Waals surface area contributed by atoms with Crippen molar-refractivity contribution in [2.24, 2.45) is 0 Å². The van der Waals surface area contributed by atoms with Crippen LogP contribution in [0.3, 0.4) is 0 Å². The lowest BCUT2D eigenvalue weighted by molar-refractivity contribution is 0.608. The summed E-state index contributed by atoms with van der Waals surface area (Å²) in [6.45, 7) is 2.15. The normalized spacial score (nSPS) is 12.1. The van der Waals surface area contributed by atoms with Crippen molar-refractivity contribution < 1.29 is 4.39 Å². The van der Waals surface area contributed by atoms with E-state index in [-0.39, 0.29) is 17.6 Å². The van der Waals surface area contributed by atoms with Gasteiger partial charge in [0.05, 0.1) is 17.6 Å². The molecule has 0 aliphatic heterocycles. The molecule has 0 fully saturated rings. The summed E-state index contributed by atoms with van der Waals surface area (Å²) in [6, 6.07) is 6.50. The predicted molar refractivity (Wildman–Crippen MR) is 53.4 cm³/mol. The highest BCUT2D eigenvalue weighted by Gasteiger charge is 2.06. The molecule has 0 bridgehead atoms. The number of nitrogens with zero attached hydrogens (tertiary/aromatic N) is 1. The minimum Gasteiger partial charge on any atom is -0.298 e. The molecule has 4 heteroatoms. The first kappa shape index (κ1) is 11.0. The summed E-state index contributed by atoms with van der Waals surface area (Å²) in [5.41, 5.74) is 0.867. The van der Waals surface area contributed by atoms with Gasteiger partial charge in [0.2, 0.25) is 0 Å². The molecule has 1 aromatic rings. The molecule has 1 unspecified atom stereocenters. The van der Waals surface area contributed by atoms with Gasteiger partial charge in [-0.15, -0.1) is 0 Å². The zero-order valence-corrected chi connectivity index (χ0v) is 8.48. The summed E-state index contributed by atoms with van der Waals surface area (Å²) < 4.78 is 12.8. The predicted octanol–water partition coefficient (Wildman–Crippen LogP) is 2.65. The molecule has 14 heavy (non-hydrogen) atoms. The molecule has 0 saturated carbocycles. The molecule has 1 atom stereocenters. The molecule has 0 spiro atoms. The highest BCUT2D eigenvalue weighted by Crippen LogP contribution is 2.20. The second-order valence-corrected chi connectivity index (χ2v) is 3.34. The van der Waals surface area contributed by atoms with E-state index in [1.807, 2.05) is 13.0 Å². The van der Waals surface area contributed by atoms with E-state index in [0.717, 1.165) is 5.56 Å². The van der Waals surface area contributed by atoms with Gasteiger partial charge in [0.25, 0.3) is 0 Å². The van der Waals surface area contributed by atoms with Crippen LogP contribution in [0.1, 0.15) is 18.5 Å². The Hall–Kier alpha value is -1.11. The molecule has 0 aromatic heterocycles. The minimum atomic E-state index is -0.428. The van der Waals surface area contributed by atoms with Gasteiger partial charge in [-0.3, -0.25) is 5.32 Å². The Morgan fingerprint density at radius 1 is 1.64 bits per heavy atom. The Morgan fingerprint density at radius 3 is 2.93 bits per heavy atom. The molecule has 1 rings (SSSR count). The van der Waals surface area contributed by atoms with Gasteiger partial charge in [0.15, 0.2) is 0 Å². The number of nitriles is 1. The quantitative estimate of drug-likeness (QED) is 0.782.